The number of aliphatic hydroxyl groups excluding tert-OH is 3. The van der Waals surface area contributed by atoms with E-state index >= 15 is 0 Å². The Morgan fingerprint density at radius 2 is 1.62 bits per heavy atom. The van der Waals surface area contributed by atoms with Gasteiger partial charge in [0.25, 0.3) is 0 Å². The summed E-state index contributed by atoms with van der Waals surface area (Å²) in [5, 5.41) is 28.6. The van der Waals surface area contributed by atoms with Gasteiger partial charge in [-0.05, 0) is 32.1 Å². The van der Waals surface area contributed by atoms with E-state index in [-0.39, 0.29) is 13.2 Å². The van der Waals surface area contributed by atoms with E-state index in [1.807, 2.05) is 0 Å². The van der Waals surface area contributed by atoms with Crippen LogP contribution in [0.5, 0.6) is 0 Å². The zero-order valence-electron chi connectivity index (χ0n) is 16.5. The van der Waals surface area contributed by atoms with Crippen molar-refractivity contribution >= 4 is 0 Å². The van der Waals surface area contributed by atoms with Gasteiger partial charge in [-0.15, -0.1) is 0 Å². The Balaban J connectivity index is 1.95. The predicted octanol–water partition coefficient (Wildman–Crippen LogP) is 3.35. The number of hydrogen-bond donors (Lipinski definition) is 3. The van der Waals surface area contributed by atoms with E-state index in [1.54, 1.807) is 0 Å². The first-order chi connectivity index (χ1) is 12.7. The summed E-state index contributed by atoms with van der Waals surface area (Å²) in [6.45, 7) is 2.55. The second-order valence-corrected chi connectivity index (χ2v) is 7.33. The van der Waals surface area contributed by atoms with Crippen molar-refractivity contribution < 1.29 is 24.8 Å². The molecular formula is C21H40O5. The maximum atomic E-state index is 9.86. The van der Waals surface area contributed by atoms with Crippen LogP contribution < -0.4 is 0 Å². The number of ether oxygens (including phenoxy) is 2. The molecule has 0 unspecified atom stereocenters. The van der Waals surface area contributed by atoms with Gasteiger partial charge in [-0.3, -0.25) is 0 Å². The van der Waals surface area contributed by atoms with Crippen molar-refractivity contribution in [2.45, 2.75) is 102 Å². The Morgan fingerprint density at radius 3 is 2.27 bits per heavy atom. The average Bonchev–Trinajstić information content (AvgIpc) is 3.02. The van der Waals surface area contributed by atoms with Gasteiger partial charge in [-0.1, -0.05) is 57.6 Å². The van der Waals surface area contributed by atoms with E-state index in [9.17, 15) is 10.2 Å². The lowest BCUT2D eigenvalue weighted by molar-refractivity contribution is -0.0937. The highest BCUT2D eigenvalue weighted by Gasteiger charge is 2.40. The van der Waals surface area contributed by atoms with Crippen molar-refractivity contribution in [1.82, 2.24) is 0 Å². The van der Waals surface area contributed by atoms with Crippen LogP contribution in [0.25, 0.3) is 0 Å². The first kappa shape index (κ1) is 23.6. The molecule has 0 radical (unpaired) electrons. The number of allylic oxidation sites excluding steroid dienone is 2. The second-order valence-electron chi connectivity index (χ2n) is 7.33. The van der Waals surface area contributed by atoms with Crippen LogP contribution in [0.1, 0.15) is 77.6 Å². The van der Waals surface area contributed by atoms with E-state index in [2.05, 4.69) is 19.1 Å². The molecule has 26 heavy (non-hydrogen) atoms. The molecule has 154 valence electrons. The van der Waals surface area contributed by atoms with Crippen LogP contribution in [-0.2, 0) is 9.47 Å². The molecule has 0 aliphatic carbocycles. The molecule has 1 aliphatic rings. The molecule has 3 N–H and O–H groups in total. The van der Waals surface area contributed by atoms with Crippen molar-refractivity contribution in [3.63, 3.8) is 0 Å². The Morgan fingerprint density at radius 1 is 1.00 bits per heavy atom. The van der Waals surface area contributed by atoms with Crippen LogP contribution in [-0.4, -0.2) is 59.6 Å². The van der Waals surface area contributed by atoms with E-state index in [0.29, 0.717) is 6.61 Å². The molecule has 0 aromatic carbocycles. The van der Waals surface area contributed by atoms with Crippen LogP contribution in [0.4, 0.5) is 0 Å². The van der Waals surface area contributed by atoms with Crippen molar-refractivity contribution in [1.29, 1.82) is 0 Å². The van der Waals surface area contributed by atoms with Crippen LogP contribution in [0.15, 0.2) is 12.2 Å². The number of aliphatic hydroxyl groups is 3. The Bertz CT molecular complexity index is 347. The Kier molecular flexibility index (Phi) is 14.1. The third kappa shape index (κ3) is 10.0. The lowest BCUT2D eigenvalue weighted by Gasteiger charge is -2.23. The number of rotatable bonds is 16. The molecule has 0 aromatic heterocycles. The summed E-state index contributed by atoms with van der Waals surface area (Å²) in [5.74, 6) is 0. The third-order valence-corrected chi connectivity index (χ3v) is 4.95. The van der Waals surface area contributed by atoms with Crippen LogP contribution >= 0.6 is 0 Å². The maximum Gasteiger partial charge on any atom is 0.114 e. The monoisotopic (exact) mass is 372 g/mol. The molecule has 1 heterocycles. The zero-order valence-corrected chi connectivity index (χ0v) is 16.5. The van der Waals surface area contributed by atoms with E-state index in [4.69, 9.17) is 14.6 Å². The zero-order chi connectivity index (χ0) is 19.0. The molecule has 1 aliphatic heterocycles. The van der Waals surface area contributed by atoms with Gasteiger partial charge < -0.3 is 24.8 Å². The number of hydrogen-bond acceptors (Lipinski definition) is 5. The fourth-order valence-corrected chi connectivity index (χ4v) is 3.30. The molecule has 4 atom stereocenters. The second kappa shape index (κ2) is 15.6. The Labute approximate surface area is 159 Å². The summed E-state index contributed by atoms with van der Waals surface area (Å²) in [6, 6.07) is 0. The average molecular weight is 373 g/mol. The van der Waals surface area contributed by atoms with E-state index < -0.39 is 24.4 Å². The molecule has 0 saturated carbocycles. The molecule has 5 nitrogen and oxygen atoms in total. The SMILES string of the molecule is CCCCCCCC/C=C/CCCCCO[C@H]1[C@@H]([C@H](O)CO)OC[C@@H]1O. The summed E-state index contributed by atoms with van der Waals surface area (Å²) < 4.78 is 11.0. The molecule has 1 saturated heterocycles. The summed E-state index contributed by atoms with van der Waals surface area (Å²) >= 11 is 0. The van der Waals surface area contributed by atoms with Crippen molar-refractivity contribution in [3.05, 3.63) is 12.2 Å². The van der Waals surface area contributed by atoms with Gasteiger partial charge in [0.2, 0.25) is 0 Å². The highest BCUT2D eigenvalue weighted by Crippen LogP contribution is 2.21. The van der Waals surface area contributed by atoms with Gasteiger partial charge in [-0.25, -0.2) is 0 Å². The Hall–Kier alpha value is -0.460. The standard InChI is InChI=1S/C21H40O5/c1-2-3-4-5-6-7-8-9-10-11-12-13-14-15-25-21-19(24)17-26-20(21)18(23)16-22/h9-10,18-24H,2-8,11-17H2,1H3/b10-9+/t18-,19+,20-,21-/m1/s1. The van der Waals surface area contributed by atoms with Crippen LogP contribution in [0.3, 0.4) is 0 Å². The highest BCUT2D eigenvalue weighted by atomic mass is 16.6. The molecule has 0 amide bonds. The third-order valence-electron chi connectivity index (χ3n) is 4.95. The highest BCUT2D eigenvalue weighted by molar-refractivity contribution is 4.89. The first-order valence-electron chi connectivity index (χ1n) is 10.6. The van der Waals surface area contributed by atoms with E-state index in [0.717, 1.165) is 25.7 Å². The van der Waals surface area contributed by atoms with Gasteiger partial charge in [0.15, 0.2) is 0 Å². The normalized spacial score (nSPS) is 24.5. The predicted molar refractivity (Wildman–Crippen MR) is 104 cm³/mol. The van der Waals surface area contributed by atoms with Gasteiger partial charge in [-0.2, -0.15) is 0 Å². The summed E-state index contributed by atoms with van der Waals surface area (Å²) in [7, 11) is 0. The molecule has 1 rings (SSSR count). The quantitative estimate of drug-likeness (QED) is 0.286. The summed E-state index contributed by atoms with van der Waals surface area (Å²) in [5.41, 5.74) is 0. The summed E-state index contributed by atoms with van der Waals surface area (Å²) in [6.07, 6.45) is 15.2. The fourth-order valence-electron chi connectivity index (χ4n) is 3.30. The smallest absolute Gasteiger partial charge is 0.114 e. The first-order valence-corrected chi connectivity index (χ1v) is 10.6. The lowest BCUT2D eigenvalue weighted by atomic mass is 10.1. The van der Waals surface area contributed by atoms with Crippen molar-refractivity contribution in [2.24, 2.45) is 0 Å². The fraction of sp³-hybridized carbons (Fsp3) is 0.905. The van der Waals surface area contributed by atoms with Gasteiger partial charge in [0.05, 0.1) is 13.2 Å². The number of unbranched alkanes of at least 4 members (excludes halogenated alkanes) is 9. The molecular weight excluding hydrogens is 332 g/mol. The molecule has 0 aromatic rings. The molecule has 5 heteroatoms. The van der Waals surface area contributed by atoms with E-state index in [1.165, 1.54) is 44.9 Å². The minimum Gasteiger partial charge on any atom is -0.394 e. The minimum atomic E-state index is -1.01. The molecule has 0 spiro atoms. The minimum absolute atomic E-state index is 0.149. The lowest BCUT2D eigenvalue weighted by Crippen LogP contribution is -2.42. The molecule has 1 fully saturated rings. The largest absolute Gasteiger partial charge is 0.394 e. The summed E-state index contributed by atoms with van der Waals surface area (Å²) in [4.78, 5) is 0. The topological polar surface area (TPSA) is 79.2 Å². The van der Waals surface area contributed by atoms with Crippen molar-refractivity contribution in [3.8, 4) is 0 Å². The van der Waals surface area contributed by atoms with Crippen LogP contribution in [0.2, 0.25) is 0 Å². The van der Waals surface area contributed by atoms with Gasteiger partial charge in [0.1, 0.15) is 24.4 Å². The van der Waals surface area contributed by atoms with Gasteiger partial charge >= 0.3 is 0 Å². The van der Waals surface area contributed by atoms with Crippen molar-refractivity contribution in [2.75, 3.05) is 19.8 Å². The van der Waals surface area contributed by atoms with Gasteiger partial charge in [0, 0.05) is 6.61 Å². The maximum absolute atomic E-state index is 9.86. The molecule has 0 bridgehead atoms. The van der Waals surface area contributed by atoms with Crippen LogP contribution in [0, 0.1) is 0 Å².